The van der Waals surface area contributed by atoms with Crippen molar-refractivity contribution >= 4 is 34.0 Å². The molecule has 4 nitrogen and oxygen atoms in total. The lowest BCUT2D eigenvalue weighted by Crippen LogP contribution is -2.49. The fraction of sp³-hybridized carbons (Fsp3) is 0.294. The van der Waals surface area contributed by atoms with Crippen LogP contribution in [0.25, 0.3) is 0 Å². The van der Waals surface area contributed by atoms with Gasteiger partial charge in [-0.2, -0.15) is 4.31 Å². The average Bonchev–Trinajstić information content (AvgIpc) is 2.55. The summed E-state index contributed by atoms with van der Waals surface area (Å²) in [5.41, 5.74) is 0.995. The number of nitrogens with zero attached hydrogens (tertiary/aromatic N) is 2. The minimum Gasteiger partial charge on any atom is -0.303 e. The van der Waals surface area contributed by atoms with Gasteiger partial charge in [0.25, 0.3) is 0 Å². The second kappa shape index (κ2) is 7.85. The maximum absolute atomic E-state index is 13.1. The van der Waals surface area contributed by atoms with Crippen LogP contribution in [0.15, 0.2) is 59.5 Å². The van der Waals surface area contributed by atoms with E-state index in [0.717, 1.165) is 5.56 Å². The van der Waals surface area contributed by atoms with E-state index in [-0.39, 0.29) is 28.4 Å². The van der Waals surface area contributed by atoms with Crippen LogP contribution in [-0.2, 0) is 10.0 Å². The van der Waals surface area contributed by atoms with Gasteiger partial charge in [-0.25, -0.2) is 8.42 Å². The van der Waals surface area contributed by atoms with Gasteiger partial charge in [0.2, 0.25) is 10.0 Å². The molecule has 1 atom stereocenters. The van der Waals surface area contributed by atoms with Crippen molar-refractivity contribution in [3.8, 4) is 0 Å². The topological polar surface area (TPSA) is 40.6 Å². The summed E-state index contributed by atoms with van der Waals surface area (Å²) >= 11 is 6.13. The van der Waals surface area contributed by atoms with Crippen LogP contribution in [0.2, 0.25) is 5.02 Å². The monoisotopic (exact) mass is 386 g/mol. The highest BCUT2D eigenvalue weighted by Crippen LogP contribution is 2.33. The molecule has 24 heavy (non-hydrogen) atoms. The molecule has 130 valence electrons. The third-order valence-corrected chi connectivity index (χ3v) is 6.55. The van der Waals surface area contributed by atoms with Crippen molar-refractivity contribution in [1.29, 1.82) is 0 Å². The molecule has 1 aliphatic rings. The maximum atomic E-state index is 13.1. The Hall–Kier alpha value is -1.11. The second-order valence-electron chi connectivity index (χ2n) is 5.73. The standard InChI is InChI=1S/C17H19ClN2O2S.ClH/c1-19-11-12-20(16(13-19)14-7-3-2-4-8-14)23(21,22)17-10-6-5-9-15(17)18;/h2-10,16H,11-13H2,1H3;1H. The van der Waals surface area contributed by atoms with E-state index in [2.05, 4.69) is 4.90 Å². The molecule has 3 rings (SSSR count). The number of benzene rings is 2. The largest absolute Gasteiger partial charge is 0.303 e. The highest BCUT2D eigenvalue weighted by atomic mass is 35.5. The summed E-state index contributed by atoms with van der Waals surface area (Å²) in [6.07, 6.45) is 0. The van der Waals surface area contributed by atoms with E-state index in [1.165, 1.54) is 0 Å². The molecule has 1 aliphatic heterocycles. The third-order valence-electron chi connectivity index (χ3n) is 4.14. The maximum Gasteiger partial charge on any atom is 0.245 e. The van der Waals surface area contributed by atoms with E-state index in [4.69, 9.17) is 11.6 Å². The highest BCUT2D eigenvalue weighted by Gasteiger charge is 2.36. The Kier molecular flexibility index (Phi) is 6.28. The smallest absolute Gasteiger partial charge is 0.245 e. The van der Waals surface area contributed by atoms with Crippen LogP contribution in [0, 0.1) is 0 Å². The van der Waals surface area contributed by atoms with Gasteiger partial charge < -0.3 is 4.90 Å². The number of sulfonamides is 1. The summed E-state index contributed by atoms with van der Waals surface area (Å²) in [4.78, 5) is 2.32. The molecule has 0 bridgehead atoms. The molecule has 1 unspecified atom stereocenters. The lowest BCUT2D eigenvalue weighted by molar-refractivity contribution is 0.161. The third kappa shape index (κ3) is 3.76. The zero-order valence-electron chi connectivity index (χ0n) is 13.3. The first-order valence-corrected chi connectivity index (χ1v) is 9.32. The van der Waals surface area contributed by atoms with Crippen molar-refractivity contribution in [3.63, 3.8) is 0 Å². The number of rotatable bonds is 3. The predicted octanol–water partition coefficient (Wildman–Crippen LogP) is 3.44. The molecule has 0 N–H and O–H groups in total. The predicted molar refractivity (Wildman–Crippen MR) is 99.3 cm³/mol. The molecular weight excluding hydrogens is 367 g/mol. The van der Waals surface area contributed by atoms with E-state index in [9.17, 15) is 8.42 Å². The Morgan fingerprint density at radius 2 is 1.62 bits per heavy atom. The summed E-state index contributed by atoms with van der Waals surface area (Å²) < 4.78 is 27.8. The lowest BCUT2D eigenvalue weighted by Gasteiger charge is -2.39. The molecule has 0 aromatic heterocycles. The van der Waals surface area contributed by atoms with Gasteiger partial charge in [0, 0.05) is 19.6 Å². The number of hydrogen-bond acceptors (Lipinski definition) is 3. The van der Waals surface area contributed by atoms with E-state index >= 15 is 0 Å². The van der Waals surface area contributed by atoms with Crippen LogP contribution in [0.5, 0.6) is 0 Å². The molecule has 2 aromatic rings. The molecule has 1 fully saturated rings. The number of piperazine rings is 1. The lowest BCUT2D eigenvalue weighted by atomic mass is 10.1. The van der Waals surface area contributed by atoms with Crippen molar-refractivity contribution in [2.45, 2.75) is 10.9 Å². The second-order valence-corrected chi connectivity index (χ2v) is 8.00. The molecular formula is C17H20Cl2N2O2S. The van der Waals surface area contributed by atoms with Gasteiger partial charge in [0.15, 0.2) is 0 Å². The van der Waals surface area contributed by atoms with E-state index in [1.54, 1.807) is 28.6 Å². The van der Waals surface area contributed by atoms with Gasteiger partial charge in [-0.05, 0) is 24.7 Å². The number of likely N-dealkylation sites (N-methyl/N-ethyl adjacent to an activating group) is 1. The van der Waals surface area contributed by atoms with Gasteiger partial charge in [0.05, 0.1) is 11.1 Å². The Morgan fingerprint density at radius 1 is 1.00 bits per heavy atom. The summed E-state index contributed by atoms with van der Waals surface area (Å²) in [6.45, 7) is 1.81. The molecule has 1 saturated heterocycles. The van der Waals surface area contributed by atoms with Crippen LogP contribution in [0.3, 0.4) is 0 Å². The first-order chi connectivity index (χ1) is 11.0. The first-order valence-electron chi connectivity index (χ1n) is 7.50. The van der Waals surface area contributed by atoms with Crippen LogP contribution in [0.4, 0.5) is 0 Å². The van der Waals surface area contributed by atoms with Crippen molar-refractivity contribution in [1.82, 2.24) is 9.21 Å². The molecule has 0 saturated carbocycles. The SMILES string of the molecule is CN1CCN(S(=O)(=O)c2ccccc2Cl)C(c2ccccc2)C1.Cl. The normalized spacial score (nSPS) is 19.7. The van der Waals surface area contributed by atoms with Gasteiger partial charge in [-0.3, -0.25) is 0 Å². The van der Waals surface area contributed by atoms with Crippen LogP contribution in [0.1, 0.15) is 11.6 Å². The quantitative estimate of drug-likeness (QED) is 0.810. The Labute approximate surface area is 154 Å². The van der Waals surface area contributed by atoms with E-state index < -0.39 is 10.0 Å². The van der Waals surface area contributed by atoms with Crippen LogP contribution in [-0.4, -0.2) is 44.3 Å². The summed E-state index contributed by atoms with van der Waals surface area (Å²) in [7, 11) is -1.63. The van der Waals surface area contributed by atoms with Crippen molar-refractivity contribution in [2.24, 2.45) is 0 Å². The van der Waals surface area contributed by atoms with Gasteiger partial charge in [0.1, 0.15) is 4.90 Å². The number of hydrogen-bond donors (Lipinski definition) is 0. The van der Waals surface area contributed by atoms with E-state index in [1.807, 2.05) is 37.4 Å². The molecule has 0 amide bonds. The van der Waals surface area contributed by atoms with Crippen LogP contribution < -0.4 is 0 Å². The Balaban J connectivity index is 0.00000208. The first kappa shape index (κ1) is 19.2. The molecule has 7 heteroatoms. The summed E-state index contributed by atoms with van der Waals surface area (Å²) in [6, 6.07) is 16.2. The molecule has 1 heterocycles. The summed E-state index contributed by atoms with van der Waals surface area (Å²) in [5.74, 6) is 0. The van der Waals surface area contributed by atoms with Crippen molar-refractivity contribution in [3.05, 3.63) is 65.2 Å². The molecule has 0 spiro atoms. The van der Waals surface area contributed by atoms with Gasteiger partial charge in [-0.15, -0.1) is 12.4 Å². The average molecular weight is 387 g/mol. The van der Waals surface area contributed by atoms with E-state index in [0.29, 0.717) is 19.6 Å². The zero-order valence-corrected chi connectivity index (χ0v) is 15.7. The Morgan fingerprint density at radius 3 is 2.29 bits per heavy atom. The fourth-order valence-corrected chi connectivity index (χ4v) is 5.01. The minimum atomic E-state index is -3.64. The fourth-order valence-electron chi connectivity index (χ4n) is 2.92. The summed E-state index contributed by atoms with van der Waals surface area (Å²) in [5, 5.41) is 0.262. The van der Waals surface area contributed by atoms with Crippen molar-refractivity contribution in [2.75, 3.05) is 26.7 Å². The molecule has 0 aliphatic carbocycles. The van der Waals surface area contributed by atoms with Crippen molar-refractivity contribution < 1.29 is 8.42 Å². The molecule has 2 aromatic carbocycles. The number of halogens is 2. The zero-order chi connectivity index (χ0) is 16.4. The van der Waals surface area contributed by atoms with Crippen LogP contribution >= 0.6 is 24.0 Å². The van der Waals surface area contributed by atoms with Gasteiger partial charge >= 0.3 is 0 Å². The highest BCUT2D eigenvalue weighted by molar-refractivity contribution is 7.89. The minimum absolute atomic E-state index is 0. The molecule has 0 radical (unpaired) electrons. The Bertz CT molecular complexity index is 784. The van der Waals surface area contributed by atoms with Gasteiger partial charge in [-0.1, -0.05) is 54.1 Å².